The van der Waals surface area contributed by atoms with Crippen LogP contribution in [-0.2, 0) is 0 Å². The Morgan fingerprint density at radius 3 is 2.42 bits per heavy atom. The Morgan fingerprint density at radius 1 is 1.00 bits per heavy atom. The Hall–Kier alpha value is -2.82. The number of nitrogens with one attached hydrogen (secondary N) is 1. The van der Waals surface area contributed by atoms with E-state index in [2.05, 4.69) is 5.32 Å². The largest absolute Gasteiger partial charge is 0.399 e. The number of anilines is 2. The zero-order valence-corrected chi connectivity index (χ0v) is 10.1. The molecule has 2 aromatic carbocycles. The molecule has 0 fully saturated rings. The van der Waals surface area contributed by atoms with Gasteiger partial charge < -0.3 is 16.8 Å². The monoisotopic (exact) mass is 255 g/mol. The summed E-state index contributed by atoms with van der Waals surface area (Å²) in [6.07, 6.45) is 0. The van der Waals surface area contributed by atoms with Gasteiger partial charge in [0.25, 0.3) is 0 Å². The maximum absolute atomic E-state index is 12.4. The number of nitrogens with two attached hydrogens (primary N) is 2. The molecule has 0 atom stereocenters. The predicted molar refractivity (Wildman–Crippen MR) is 73.9 cm³/mol. The van der Waals surface area contributed by atoms with Crippen molar-refractivity contribution in [1.82, 2.24) is 0 Å². The van der Waals surface area contributed by atoms with Crippen LogP contribution in [0.25, 0.3) is 0 Å². The lowest BCUT2D eigenvalue weighted by Gasteiger charge is -2.09. The molecular weight excluding hydrogens is 242 g/mol. The number of carbonyl (C=O) groups excluding carboxylic acids is 2. The molecule has 0 saturated carbocycles. The third-order valence-electron chi connectivity index (χ3n) is 2.58. The molecule has 5 heteroatoms. The van der Waals surface area contributed by atoms with Crippen molar-refractivity contribution in [3.8, 4) is 0 Å². The van der Waals surface area contributed by atoms with Gasteiger partial charge in [-0.25, -0.2) is 4.79 Å². The van der Waals surface area contributed by atoms with Crippen LogP contribution in [0, 0.1) is 0 Å². The molecule has 0 spiro atoms. The summed E-state index contributed by atoms with van der Waals surface area (Å²) in [4.78, 5) is 23.3. The average Bonchev–Trinajstić information content (AvgIpc) is 2.38. The van der Waals surface area contributed by atoms with E-state index in [-0.39, 0.29) is 5.78 Å². The van der Waals surface area contributed by atoms with Crippen LogP contribution in [-0.4, -0.2) is 11.8 Å². The van der Waals surface area contributed by atoms with Crippen LogP contribution in [0.3, 0.4) is 0 Å². The highest BCUT2D eigenvalue weighted by molar-refractivity contribution is 6.13. The summed E-state index contributed by atoms with van der Waals surface area (Å²) in [7, 11) is 0. The average molecular weight is 255 g/mol. The van der Waals surface area contributed by atoms with Crippen molar-refractivity contribution in [3.63, 3.8) is 0 Å². The molecule has 2 rings (SSSR count). The highest BCUT2D eigenvalue weighted by Crippen LogP contribution is 2.20. The van der Waals surface area contributed by atoms with Gasteiger partial charge in [0.1, 0.15) is 0 Å². The van der Waals surface area contributed by atoms with Gasteiger partial charge in [-0.15, -0.1) is 0 Å². The fourth-order valence-electron chi connectivity index (χ4n) is 1.76. The lowest BCUT2D eigenvalue weighted by atomic mass is 10.0. The Balaban J connectivity index is 2.41. The van der Waals surface area contributed by atoms with Crippen molar-refractivity contribution in [3.05, 3.63) is 59.7 Å². The smallest absolute Gasteiger partial charge is 0.316 e. The van der Waals surface area contributed by atoms with E-state index in [1.165, 1.54) is 0 Å². The highest BCUT2D eigenvalue weighted by Gasteiger charge is 2.14. The standard InChI is InChI=1S/C14H13N3O2/c15-10-5-3-4-9(8-10)13(18)11-6-1-2-7-12(11)17-14(16)19/h1-8H,15H2,(H3,16,17,19). The molecule has 96 valence electrons. The van der Waals surface area contributed by atoms with Crippen LogP contribution in [0.2, 0.25) is 0 Å². The third-order valence-corrected chi connectivity index (χ3v) is 2.58. The number of urea groups is 1. The van der Waals surface area contributed by atoms with Gasteiger partial charge in [-0.05, 0) is 24.3 Å². The first-order valence-electron chi connectivity index (χ1n) is 5.63. The predicted octanol–water partition coefficient (Wildman–Crippen LogP) is 1.99. The fourth-order valence-corrected chi connectivity index (χ4v) is 1.76. The quantitative estimate of drug-likeness (QED) is 0.577. The molecule has 0 heterocycles. The van der Waals surface area contributed by atoms with Crippen molar-refractivity contribution in [2.24, 2.45) is 5.73 Å². The van der Waals surface area contributed by atoms with Gasteiger partial charge in [-0.3, -0.25) is 4.79 Å². The summed E-state index contributed by atoms with van der Waals surface area (Å²) in [5, 5.41) is 2.43. The van der Waals surface area contributed by atoms with Crippen molar-refractivity contribution >= 4 is 23.2 Å². The van der Waals surface area contributed by atoms with Crippen LogP contribution in [0.1, 0.15) is 15.9 Å². The third kappa shape index (κ3) is 2.90. The zero-order chi connectivity index (χ0) is 13.8. The second-order valence-corrected chi connectivity index (χ2v) is 3.99. The number of ketones is 1. The first kappa shape index (κ1) is 12.6. The SMILES string of the molecule is NC(=O)Nc1ccccc1C(=O)c1cccc(N)c1. The Labute approximate surface area is 110 Å². The lowest BCUT2D eigenvalue weighted by Crippen LogP contribution is -2.21. The molecule has 0 aliphatic heterocycles. The summed E-state index contributed by atoms with van der Waals surface area (Å²) in [6.45, 7) is 0. The van der Waals surface area contributed by atoms with Crippen LogP contribution < -0.4 is 16.8 Å². The first-order valence-corrected chi connectivity index (χ1v) is 5.63. The number of nitrogen functional groups attached to an aromatic ring is 1. The number of hydrogen-bond acceptors (Lipinski definition) is 3. The fraction of sp³-hybridized carbons (Fsp3) is 0. The van der Waals surface area contributed by atoms with E-state index in [9.17, 15) is 9.59 Å². The minimum atomic E-state index is -0.715. The molecule has 0 bridgehead atoms. The highest BCUT2D eigenvalue weighted by atomic mass is 16.2. The van der Waals surface area contributed by atoms with Crippen LogP contribution in [0.5, 0.6) is 0 Å². The van der Waals surface area contributed by atoms with Crippen molar-refractivity contribution in [2.45, 2.75) is 0 Å². The number of rotatable bonds is 3. The van der Waals surface area contributed by atoms with Crippen molar-refractivity contribution < 1.29 is 9.59 Å². The molecule has 0 aliphatic rings. The van der Waals surface area contributed by atoms with E-state index in [0.717, 1.165) is 0 Å². The normalized spacial score (nSPS) is 9.89. The van der Waals surface area contributed by atoms with Gasteiger partial charge in [0.15, 0.2) is 5.78 Å². The Bertz CT molecular complexity index is 638. The summed E-state index contributed by atoms with van der Waals surface area (Å²) in [5.41, 5.74) is 12.4. The number of amides is 2. The minimum absolute atomic E-state index is 0.225. The van der Waals surface area contributed by atoms with E-state index < -0.39 is 6.03 Å². The van der Waals surface area contributed by atoms with E-state index in [1.54, 1.807) is 48.5 Å². The number of carbonyl (C=O) groups is 2. The second-order valence-electron chi connectivity index (χ2n) is 3.99. The minimum Gasteiger partial charge on any atom is -0.399 e. The first-order chi connectivity index (χ1) is 9.08. The summed E-state index contributed by atoms with van der Waals surface area (Å²) in [6, 6.07) is 12.6. The maximum Gasteiger partial charge on any atom is 0.316 e. The van der Waals surface area contributed by atoms with E-state index in [0.29, 0.717) is 22.5 Å². The topological polar surface area (TPSA) is 98.2 Å². The van der Waals surface area contributed by atoms with Gasteiger partial charge in [-0.2, -0.15) is 0 Å². The second kappa shape index (κ2) is 5.22. The molecule has 0 aromatic heterocycles. The lowest BCUT2D eigenvalue weighted by molar-refractivity contribution is 0.103. The summed E-state index contributed by atoms with van der Waals surface area (Å²) >= 11 is 0. The molecule has 0 aliphatic carbocycles. The van der Waals surface area contributed by atoms with Gasteiger partial charge in [0.05, 0.1) is 5.69 Å². The molecular formula is C14H13N3O2. The molecule has 0 saturated heterocycles. The number of hydrogen-bond donors (Lipinski definition) is 3. The van der Waals surface area contributed by atoms with E-state index in [1.807, 2.05) is 0 Å². The molecule has 0 unspecified atom stereocenters. The molecule has 19 heavy (non-hydrogen) atoms. The van der Waals surface area contributed by atoms with Crippen molar-refractivity contribution in [1.29, 1.82) is 0 Å². The van der Waals surface area contributed by atoms with Crippen LogP contribution in [0.4, 0.5) is 16.2 Å². The van der Waals surface area contributed by atoms with E-state index in [4.69, 9.17) is 11.5 Å². The van der Waals surface area contributed by atoms with E-state index >= 15 is 0 Å². The molecule has 2 aromatic rings. The van der Waals surface area contributed by atoms with Crippen LogP contribution in [0.15, 0.2) is 48.5 Å². The number of benzene rings is 2. The van der Waals surface area contributed by atoms with Crippen molar-refractivity contribution in [2.75, 3.05) is 11.1 Å². The maximum atomic E-state index is 12.4. The molecule has 5 nitrogen and oxygen atoms in total. The molecule has 0 radical (unpaired) electrons. The van der Waals surface area contributed by atoms with Gasteiger partial charge in [0, 0.05) is 16.8 Å². The summed E-state index contributed by atoms with van der Waals surface area (Å²) in [5.74, 6) is -0.225. The van der Waals surface area contributed by atoms with Gasteiger partial charge >= 0.3 is 6.03 Å². The zero-order valence-electron chi connectivity index (χ0n) is 10.1. The van der Waals surface area contributed by atoms with Gasteiger partial charge in [-0.1, -0.05) is 24.3 Å². The molecule has 2 amide bonds. The Morgan fingerprint density at radius 2 is 1.74 bits per heavy atom. The number of primary amides is 1. The Kier molecular flexibility index (Phi) is 3.47. The summed E-state index contributed by atoms with van der Waals surface area (Å²) < 4.78 is 0. The van der Waals surface area contributed by atoms with Gasteiger partial charge in [0.2, 0.25) is 0 Å². The molecule has 5 N–H and O–H groups in total. The number of para-hydroxylation sites is 1. The van der Waals surface area contributed by atoms with Crippen LogP contribution >= 0.6 is 0 Å².